The Kier molecular flexibility index (Phi) is 6.15. The molecule has 4 heteroatoms. The van der Waals surface area contributed by atoms with Crippen LogP contribution in [0.4, 0.5) is 28.4 Å². The summed E-state index contributed by atoms with van der Waals surface area (Å²) < 4.78 is 2.27. The van der Waals surface area contributed by atoms with Crippen LogP contribution in [0.5, 0.6) is 0 Å². The molecule has 0 saturated heterocycles. The topological polar surface area (TPSA) is 23.2 Å². The van der Waals surface area contributed by atoms with Crippen molar-refractivity contribution >= 4 is 28.4 Å². The van der Waals surface area contributed by atoms with Crippen molar-refractivity contribution in [3.63, 3.8) is 0 Å². The number of pyridine rings is 2. The van der Waals surface area contributed by atoms with Gasteiger partial charge in [-0.25, -0.2) is 4.57 Å². The van der Waals surface area contributed by atoms with Crippen molar-refractivity contribution in [2.75, 3.05) is 16.3 Å². The molecule has 0 atom stereocenters. The SMILES string of the molecule is c1ccc(N2c3ccccc3N(CCCC[n+]3ccc(-c4ccccn4)cc3)c3ccccc32)cc1. The van der Waals surface area contributed by atoms with Crippen LogP contribution in [0, 0.1) is 0 Å². The van der Waals surface area contributed by atoms with Gasteiger partial charge in [-0.1, -0.05) is 48.5 Å². The van der Waals surface area contributed by atoms with Gasteiger partial charge >= 0.3 is 0 Å². The fraction of sp³-hybridized carbons (Fsp3) is 0.125. The molecule has 0 saturated carbocycles. The second-order valence-electron chi connectivity index (χ2n) is 9.05. The summed E-state index contributed by atoms with van der Waals surface area (Å²) >= 11 is 0. The van der Waals surface area contributed by atoms with E-state index in [1.54, 1.807) is 0 Å². The molecule has 6 rings (SSSR count). The second kappa shape index (κ2) is 10.0. The molecule has 0 aliphatic carbocycles. The molecule has 3 heterocycles. The minimum absolute atomic E-state index is 0.975. The van der Waals surface area contributed by atoms with Crippen molar-refractivity contribution in [3.8, 4) is 11.3 Å². The monoisotopic (exact) mass is 469 g/mol. The molecule has 0 spiro atoms. The van der Waals surface area contributed by atoms with Crippen molar-refractivity contribution in [2.45, 2.75) is 19.4 Å². The summed E-state index contributed by atoms with van der Waals surface area (Å²) in [5.41, 5.74) is 8.30. The molecule has 1 aliphatic rings. The average molecular weight is 470 g/mol. The number of para-hydroxylation sites is 5. The lowest BCUT2D eigenvalue weighted by Crippen LogP contribution is -2.33. The lowest BCUT2D eigenvalue weighted by atomic mass is 10.1. The zero-order chi connectivity index (χ0) is 24.2. The molecule has 0 amide bonds. The third-order valence-corrected chi connectivity index (χ3v) is 6.74. The first-order valence-corrected chi connectivity index (χ1v) is 12.6. The molecule has 5 aromatic rings. The van der Waals surface area contributed by atoms with Crippen LogP contribution < -0.4 is 14.4 Å². The molecule has 4 nitrogen and oxygen atoms in total. The van der Waals surface area contributed by atoms with E-state index in [2.05, 4.69) is 123 Å². The fourth-order valence-corrected chi connectivity index (χ4v) is 4.99. The Morgan fingerprint density at radius 1 is 0.583 bits per heavy atom. The van der Waals surface area contributed by atoms with Crippen LogP contribution in [0.2, 0.25) is 0 Å². The molecule has 176 valence electrons. The van der Waals surface area contributed by atoms with E-state index >= 15 is 0 Å². The molecule has 3 aromatic carbocycles. The van der Waals surface area contributed by atoms with Gasteiger partial charge in [-0.05, 0) is 55.0 Å². The zero-order valence-corrected chi connectivity index (χ0v) is 20.2. The Balaban J connectivity index is 1.18. The lowest BCUT2D eigenvalue weighted by molar-refractivity contribution is -0.697. The highest BCUT2D eigenvalue weighted by Gasteiger charge is 2.28. The lowest BCUT2D eigenvalue weighted by Gasteiger charge is -2.40. The number of rotatable bonds is 7. The number of nitrogens with zero attached hydrogens (tertiary/aromatic N) is 4. The molecule has 0 radical (unpaired) electrons. The van der Waals surface area contributed by atoms with E-state index in [1.807, 2.05) is 24.4 Å². The van der Waals surface area contributed by atoms with Gasteiger partial charge in [-0.15, -0.1) is 0 Å². The normalized spacial score (nSPS) is 12.2. The standard InChI is InChI=1S/C32H29N4/c1-2-12-27(13-3-1)36-31-17-6-4-15-29(31)35(30-16-5-7-18-32(30)36)23-11-10-22-34-24-19-26(20-25-34)28-14-8-9-21-33-28/h1-9,12-21,24-25H,10-11,22-23H2/q+1. The summed E-state index contributed by atoms with van der Waals surface area (Å²) in [7, 11) is 0. The quantitative estimate of drug-likeness (QED) is 0.183. The van der Waals surface area contributed by atoms with Crippen molar-refractivity contribution < 1.29 is 4.57 Å². The highest BCUT2D eigenvalue weighted by atomic mass is 15.3. The number of aryl methyl sites for hydroxylation is 1. The van der Waals surface area contributed by atoms with E-state index < -0.39 is 0 Å². The van der Waals surface area contributed by atoms with Crippen molar-refractivity contribution in [2.24, 2.45) is 0 Å². The smallest absolute Gasteiger partial charge is 0.169 e. The Morgan fingerprint density at radius 3 is 1.83 bits per heavy atom. The molecular formula is C32H29N4+. The van der Waals surface area contributed by atoms with Crippen LogP contribution in [0.1, 0.15) is 12.8 Å². The molecule has 0 unspecified atom stereocenters. The third-order valence-electron chi connectivity index (χ3n) is 6.74. The van der Waals surface area contributed by atoms with Crippen LogP contribution in [-0.2, 0) is 6.54 Å². The predicted octanol–water partition coefficient (Wildman–Crippen LogP) is 7.44. The number of hydrogen-bond acceptors (Lipinski definition) is 3. The number of benzene rings is 3. The maximum absolute atomic E-state index is 4.45. The molecule has 2 aromatic heterocycles. The van der Waals surface area contributed by atoms with Gasteiger partial charge in [-0.2, -0.15) is 0 Å². The number of unbranched alkanes of at least 4 members (excludes halogenated alkanes) is 1. The Labute approximate surface area is 212 Å². The fourth-order valence-electron chi connectivity index (χ4n) is 4.99. The van der Waals surface area contributed by atoms with E-state index in [-0.39, 0.29) is 0 Å². The first-order valence-electron chi connectivity index (χ1n) is 12.6. The summed E-state index contributed by atoms with van der Waals surface area (Å²) in [6, 6.07) is 38.4. The van der Waals surface area contributed by atoms with E-state index in [0.29, 0.717) is 0 Å². The molecule has 36 heavy (non-hydrogen) atoms. The highest BCUT2D eigenvalue weighted by molar-refractivity contribution is 5.97. The number of fused-ring (bicyclic) bond motifs is 2. The highest BCUT2D eigenvalue weighted by Crippen LogP contribution is 2.50. The van der Waals surface area contributed by atoms with Gasteiger partial charge in [0.05, 0.1) is 28.4 Å². The van der Waals surface area contributed by atoms with E-state index in [4.69, 9.17) is 0 Å². The first-order chi connectivity index (χ1) is 17.9. The Bertz CT molecular complexity index is 1390. The van der Waals surface area contributed by atoms with Gasteiger partial charge in [0.15, 0.2) is 12.4 Å². The third kappa shape index (κ3) is 4.34. The van der Waals surface area contributed by atoms with Gasteiger partial charge in [0.25, 0.3) is 0 Å². The van der Waals surface area contributed by atoms with Crippen LogP contribution in [-0.4, -0.2) is 11.5 Å². The van der Waals surface area contributed by atoms with E-state index in [9.17, 15) is 0 Å². The molecule has 0 fully saturated rings. The predicted molar refractivity (Wildman–Crippen MR) is 147 cm³/mol. The van der Waals surface area contributed by atoms with Crippen LogP contribution in [0.25, 0.3) is 11.3 Å². The Morgan fingerprint density at radius 2 is 1.19 bits per heavy atom. The van der Waals surface area contributed by atoms with Gasteiger partial charge in [0.1, 0.15) is 6.54 Å². The summed E-state index contributed by atoms with van der Waals surface area (Å²) in [5.74, 6) is 0. The average Bonchev–Trinajstić information content (AvgIpc) is 2.96. The molecular weight excluding hydrogens is 440 g/mol. The summed E-state index contributed by atoms with van der Waals surface area (Å²) in [4.78, 5) is 9.31. The molecule has 0 N–H and O–H groups in total. The summed E-state index contributed by atoms with van der Waals surface area (Å²) in [6.07, 6.45) is 8.37. The summed E-state index contributed by atoms with van der Waals surface area (Å²) in [5, 5.41) is 0. The first kappa shape index (κ1) is 22.1. The minimum Gasteiger partial charge on any atom is -0.338 e. The minimum atomic E-state index is 0.975. The van der Waals surface area contributed by atoms with Crippen molar-refractivity contribution in [3.05, 3.63) is 128 Å². The van der Waals surface area contributed by atoms with Crippen LogP contribution in [0.3, 0.4) is 0 Å². The van der Waals surface area contributed by atoms with Crippen molar-refractivity contribution in [1.82, 2.24) is 4.98 Å². The van der Waals surface area contributed by atoms with E-state index in [1.165, 1.54) is 28.4 Å². The largest absolute Gasteiger partial charge is 0.338 e. The second-order valence-corrected chi connectivity index (χ2v) is 9.05. The van der Waals surface area contributed by atoms with E-state index in [0.717, 1.165) is 37.2 Å². The maximum Gasteiger partial charge on any atom is 0.169 e. The number of hydrogen-bond donors (Lipinski definition) is 0. The Hall–Kier alpha value is -4.44. The van der Waals surface area contributed by atoms with Gasteiger partial charge in [0, 0.05) is 42.5 Å². The van der Waals surface area contributed by atoms with Gasteiger partial charge in [-0.3, -0.25) is 4.98 Å². The van der Waals surface area contributed by atoms with Gasteiger partial charge < -0.3 is 9.80 Å². The summed E-state index contributed by atoms with van der Waals surface area (Å²) in [6.45, 7) is 1.97. The molecule has 1 aliphatic heterocycles. The van der Waals surface area contributed by atoms with Crippen molar-refractivity contribution in [1.29, 1.82) is 0 Å². The van der Waals surface area contributed by atoms with Crippen LogP contribution >= 0.6 is 0 Å². The van der Waals surface area contributed by atoms with Gasteiger partial charge in [0.2, 0.25) is 0 Å². The maximum atomic E-state index is 4.45. The van der Waals surface area contributed by atoms with Crippen LogP contribution in [0.15, 0.2) is 128 Å². The molecule has 0 bridgehead atoms. The zero-order valence-electron chi connectivity index (χ0n) is 20.2. The number of aromatic nitrogens is 2. The number of anilines is 5.